The lowest BCUT2D eigenvalue weighted by atomic mass is 10.4. The molecule has 0 heterocycles. The first-order valence-corrected chi connectivity index (χ1v) is 4.26. The van der Waals surface area contributed by atoms with E-state index in [4.69, 9.17) is 28.3 Å². The van der Waals surface area contributed by atoms with Crippen molar-refractivity contribution < 1.29 is 14.7 Å². The van der Waals surface area contributed by atoms with Gasteiger partial charge in [-0.05, 0) is 0 Å². The van der Waals surface area contributed by atoms with Gasteiger partial charge in [0.1, 0.15) is 6.54 Å². The highest BCUT2D eigenvalue weighted by atomic mass is 35.5. The first-order valence-electron chi connectivity index (χ1n) is 3.38. The van der Waals surface area contributed by atoms with Crippen LogP contribution in [0.4, 0.5) is 0 Å². The first kappa shape index (κ1) is 12.3. The van der Waals surface area contributed by atoms with Crippen LogP contribution in [0.15, 0.2) is 12.7 Å². The zero-order valence-corrected chi connectivity index (χ0v) is 8.25. The Bertz CT molecular complexity index is 218. The molecule has 0 unspecified atom stereocenters. The van der Waals surface area contributed by atoms with E-state index in [1.54, 1.807) is 0 Å². The SMILES string of the molecule is C=CCN(CC(=O)O)C(=O)C(Cl)Cl. The second kappa shape index (κ2) is 5.83. The maximum Gasteiger partial charge on any atom is 0.323 e. The summed E-state index contributed by atoms with van der Waals surface area (Å²) in [6, 6.07) is 0. The number of hydrogen-bond acceptors (Lipinski definition) is 2. The number of carbonyl (C=O) groups is 2. The van der Waals surface area contributed by atoms with Crippen molar-refractivity contribution in [2.45, 2.75) is 4.84 Å². The largest absolute Gasteiger partial charge is 0.480 e. The van der Waals surface area contributed by atoms with E-state index < -0.39 is 23.3 Å². The fourth-order valence-corrected chi connectivity index (χ4v) is 0.966. The van der Waals surface area contributed by atoms with Gasteiger partial charge >= 0.3 is 5.97 Å². The molecular weight excluding hydrogens is 217 g/mol. The Balaban J connectivity index is 4.31. The number of carboxylic acid groups (broad SMARTS) is 1. The Morgan fingerprint density at radius 2 is 2.08 bits per heavy atom. The van der Waals surface area contributed by atoms with Gasteiger partial charge in [0.2, 0.25) is 0 Å². The van der Waals surface area contributed by atoms with E-state index in [0.29, 0.717) is 0 Å². The third-order valence-corrected chi connectivity index (χ3v) is 1.55. The average molecular weight is 226 g/mol. The number of aliphatic carboxylic acids is 1. The van der Waals surface area contributed by atoms with Crippen LogP contribution in [0, 0.1) is 0 Å². The molecule has 0 fully saturated rings. The third kappa shape index (κ3) is 4.75. The quantitative estimate of drug-likeness (QED) is 0.559. The molecule has 0 saturated carbocycles. The Kier molecular flexibility index (Phi) is 5.50. The van der Waals surface area contributed by atoms with Crippen LogP contribution < -0.4 is 0 Å². The molecule has 0 rings (SSSR count). The van der Waals surface area contributed by atoms with Crippen molar-refractivity contribution >= 4 is 35.1 Å². The Morgan fingerprint density at radius 3 is 2.38 bits per heavy atom. The maximum atomic E-state index is 11.1. The molecule has 0 aromatic heterocycles. The molecule has 4 nitrogen and oxygen atoms in total. The monoisotopic (exact) mass is 225 g/mol. The van der Waals surface area contributed by atoms with Gasteiger partial charge in [-0.25, -0.2) is 0 Å². The van der Waals surface area contributed by atoms with Crippen LogP contribution in [0.2, 0.25) is 0 Å². The Hall–Kier alpha value is -0.740. The minimum Gasteiger partial charge on any atom is -0.480 e. The average Bonchev–Trinajstić information content (AvgIpc) is 2.01. The number of nitrogens with zero attached hydrogens (tertiary/aromatic N) is 1. The molecule has 0 aliphatic carbocycles. The molecule has 74 valence electrons. The molecule has 0 atom stereocenters. The summed E-state index contributed by atoms with van der Waals surface area (Å²) in [5.41, 5.74) is 0. The van der Waals surface area contributed by atoms with E-state index in [9.17, 15) is 9.59 Å². The molecule has 0 spiro atoms. The van der Waals surface area contributed by atoms with Crippen LogP contribution in [0.25, 0.3) is 0 Å². The van der Waals surface area contributed by atoms with Crippen molar-refractivity contribution in [3.8, 4) is 0 Å². The molecule has 6 heteroatoms. The number of hydrogen-bond donors (Lipinski definition) is 1. The van der Waals surface area contributed by atoms with Crippen molar-refractivity contribution in [1.82, 2.24) is 4.90 Å². The minimum atomic E-state index is -1.24. The van der Waals surface area contributed by atoms with E-state index >= 15 is 0 Å². The first-order chi connectivity index (χ1) is 5.99. The molecule has 13 heavy (non-hydrogen) atoms. The molecule has 0 aromatic rings. The molecule has 0 bridgehead atoms. The van der Waals surface area contributed by atoms with E-state index in [2.05, 4.69) is 6.58 Å². The molecule has 0 saturated heterocycles. The minimum absolute atomic E-state index is 0.112. The summed E-state index contributed by atoms with van der Waals surface area (Å²) in [7, 11) is 0. The van der Waals surface area contributed by atoms with E-state index in [1.807, 2.05) is 0 Å². The van der Waals surface area contributed by atoms with E-state index in [0.717, 1.165) is 4.90 Å². The second-order valence-electron chi connectivity index (χ2n) is 2.20. The summed E-state index contributed by atoms with van der Waals surface area (Å²) in [5, 5.41) is 8.43. The van der Waals surface area contributed by atoms with Crippen molar-refractivity contribution in [3.63, 3.8) is 0 Å². The standard InChI is InChI=1S/C7H9Cl2NO3/c1-2-3-10(4-5(11)12)7(13)6(8)9/h2,6H,1,3-4H2,(H,11,12). The van der Waals surface area contributed by atoms with Crippen molar-refractivity contribution in [1.29, 1.82) is 0 Å². The van der Waals surface area contributed by atoms with Crippen LogP contribution in [0.1, 0.15) is 0 Å². The number of carbonyl (C=O) groups excluding carboxylic acids is 1. The van der Waals surface area contributed by atoms with Crippen LogP contribution in [0.3, 0.4) is 0 Å². The van der Waals surface area contributed by atoms with Crippen LogP contribution in [0.5, 0.6) is 0 Å². The van der Waals surface area contributed by atoms with Crippen molar-refractivity contribution in [3.05, 3.63) is 12.7 Å². The molecule has 0 aromatic carbocycles. The molecule has 1 amide bonds. The molecule has 0 aliphatic heterocycles. The smallest absolute Gasteiger partial charge is 0.323 e. The lowest BCUT2D eigenvalue weighted by Crippen LogP contribution is -2.38. The zero-order valence-electron chi connectivity index (χ0n) is 6.74. The molecular formula is C7H9Cl2NO3. The van der Waals surface area contributed by atoms with Gasteiger partial charge in [0, 0.05) is 6.54 Å². The number of rotatable bonds is 5. The van der Waals surface area contributed by atoms with Gasteiger partial charge < -0.3 is 10.0 Å². The summed E-state index contributed by atoms with van der Waals surface area (Å²) in [5.74, 6) is -1.75. The van der Waals surface area contributed by atoms with Gasteiger partial charge in [0.25, 0.3) is 5.91 Å². The number of alkyl halides is 2. The summed E-state index contributed by atoms with van der Waals surface area (Å²) in [6.45, 7) is 3.06. The highest BCUT2D eigenvalue weighted by Gasteiger charge is 2.20. The highest BCUT2D eigenvalue weighted by molar-refractivity contribution is 6.53. The fourth-order valence-electron chi connectivity index (χ4n) is 0.690. The fraction of sp³-hybridized carbons (Fsp3) is 0.429. The lowest BCUT2D eigenvalue weighted by Gasteiger charge is -2.18. The van der Waals surface area contributed by atoms with Crippen LogP contribution in [-0.4, -0.2) is 39.8 Å². The van der Waals surface area contributed by atoms with Crippen LogP contribution in [-0.2, 0) is 9.59 Å². The predicted octanol–water partition coefficient (Wildman–Crippen LogP) is 0.889. The topological polar surface area (TPSA) is 57.6 Å². The Labute approximate surface area is 85.7 Å². The third-order valence-electron chi connectivity index (χ3n) is 1.17. The maximum absolute atomic E-state index is 11.1. The number of carboxylic acids is 1. The van der Waals surface area contributed by atoms with Gasteiger partial charge in [-0.3, -0.25) is 9.59 Å². The highest BCUT2D eigenvalue weighted by Crippen LogP contribution is 2.06. The van der Waals surface area contributed by atoms with Crippen molar-refractivity contribution in [2.24, 2.45) is 0 Å². The molecule has 0 aliphatic rings. The van der Waals surface area contributed by atoms with Gasteiger partial charge in [-0.1, -0.05) is 29.3 Å². The Morgan fingerprint density at radius 1 is 1.54 bits per heavy atom. The van der Waals surface area contributed by atoms with Gasteiger partial charge in [-0.2, -0.15) is 0 Å². The van der Waals surface area contributed by atoms with Crippen molar-refractivity contribution in [2.75, 3.05) is 13.1 Å². The second-order valence-corrected chi connectivity index (χ2v) is 3.30. The summed E-state index contributed by atoms with van der Waals surface area (Å²) in [4.78, 5) is 21.2. The zero-order chi connectivity index (χ0) is 10.4. The van der Waals surface area contributed by atoms with Gasteiger partial charge in [-0.15, -0.1) is 6.58 Å². The summed E-state index contributed by atoms with van der Waals surface area (Å²) in [6.07, 6.45) is 1.40. The van der Waals surface area contributed by atoms with E-state index in [-0.39, 0.29) is 6.54 Å². The lowest BCUT2D eigenvalue weighted by molar-refractivity contribution is -0.143. The summed E-state index contributed by atoms with van der Waals surface area (Å²) < 4.78 is 0. The number of halogens is 2. The number of amides is 1. The predicted molar refractivity (Wildman–Crippen MR) is 49.9 cm³/mol. The molecule has 1 N–H and O–H groups in total. The summed E-state index contributed by atoms with van der Waals surface area (Å²) >= 11 is 10.6. The van der Waals surface area contributed by atoms with E-state index in [1.165, 1.54) is 6.08 Å². The van der Waals surface area contributed by atoms with Gasteiger partial charge in [0.15, 0.2) is 4.84 Å². The molecule has 0 radical (unpaired) electrons. The van der Waals surface area contributed by atoms with Crippen LogP contribution >= 0.6 is 23.2 Å². The normalized spacial score (nSPS) is 9.77. The van der Waals surface area contributed by atoms with Gasteiger partial charge in [0.05, 0.1) is 0 Å².